The van der Waals surface area contributed by atoms with Crippen LogP contribution >= 0.6 is 11.3 Å². The molecule has 1 atom stereocenters. The van der Waals surface area contributed by atoms with Crippen LogP contribution < -0.4 is 4.90 Å². The van der Waals surface area contributed by atoms with Gasteiger partial charge in [-0.3, -0.25) is 4.79 Å². The smallest absolute Gasteiger partial charge is 0.234 e. The molecule has 2 aromatic carbocycles. The van der Waals surface area contributed by atoms with Crippen molar-refractivity contribution in [3.8, 4) is 5.13 Å². The molecule has 130 valence electrons. The van der Waals surface area contributed by atoms with Crippen molar-refractivity contribution >= 4 is 33.1 Å². The summed E-state index contributed by atoms with van der Waals surface area (Å²) in [6.45, 7) is 1.92. The van der Waals surface area contributed by atoms with Crippen molar-refractivity contribution in [2.24, 2.45) is 0 Å². The van der Waals surface area contributed by atoms with E-state index >= 15 is 0 Å². The summed E-state index contributed by atoms with van der Waals surface area (Å²) in [5, 5.41) is 5.17. The minimum absolute atomic E-state index is 0.0278. The van der Waals surface area contributed by atoms with E-state index in [4.69, 9.17) is 0 Å². The lowest BCUT2D eigenvalue weighted by Gasteiger charge is -2.20. The molecule has 4 rings (SSSR count). The summed E-state index contributed by atoms with van der Waals surface area (Å²) in [6, 6.07) is 17.8. The minimum Gasteiger partial charge on any atom is -0.312 e. The predicted octanol–water partition coefficient (Wildman–Crippen LogP) is 4.25. The Morgan fingerprint density at radius 2 is 1.85 bits per heavy atom. The van der Waals surface area contributed by atoms with Gasteiger partial charge in [-0.2, -0.15) is 5.10 Å². The monoisotopic (exact) mass is 362 g/mol. The Hall–Kier alpha value is -2.99. The number of para-hydroxylation sites is 1. The number of carbonyl (C=O) groups excluding carboxylic acids is 1. The van der Waals surface area contributed by atoms with Gasteiger partial charge in [-0.05, 0) is 24.6 Å². The maximum absolute atomic E-state index is 12.8. The van der Waals surface area contributed by atoms with E-state index in [0.717, 1.165) is 26.6 Å². The molecule has 1 amide bonds. The average Bonchev–Trinajstić information content (AvgIpc) is 3.33. The van der Waals surface area contributed by atoms with Crippen molar-refractivity contribution in [3.63, 3.8) is 0 Å². The molecule has 26 heavy (non-hydrogen) atoms. The van der Waals surface area contributed by atoms with Crippen molar-refractivity contribution in [1.29, 1.82) is 0 Å². The summed E-state index contributed by atoms with van der Waals surface area (Å²) in [5.74, 6) is -0.188. The molecule has 0 N–H and O–H groups in total. The predicted molar refractivity (Wildman–Crippen MR) is 105 cm³/mol. The fourth-order valence-corrected chi connectivity index (χ4v) is 3.75. The molecule has 5 nitrogen and oxygen atoms in total. The largest absolute Gasteiger partial charge is 0.312 e. The van der Waals surface area contributed by atoms with Gasteiger partial charge in [-0.1, -0.05) is 53.8 Å². The molecular formula is C20H18N4OS. The zero-order valence-electron chi connectivity index (χ0n) is 14.5. The molecule has 0 fully saturated rings. The van der Waals surface area contributed by atoms with E-state index in [1.54, 1.807) is 34.2 Å². The third-order valence-electron chi connectivity index (χ3n) is 4.44. The number of hydrogen-bond donors (Lipinski definition) is 0. The first-order chi connectivity index (χ1) is 12.6. The van der Waals surface area contributed by atoms with Gasteiger partial charge in [-0.25, -0.2) is 9.67 Å². The molecule has 0 saturated heterocycles. The van der Waals surface area contributed by atoms with Gasteiger partial charge in [0.15, 0.2) is 0 Å². The Labute approximate surface area is 155 Å². The fourth-order valence-electron chi connectivity index (χ4n) is 2.85. The highest BCUT2D eigenvalue weighted by atomic mass is 32.1. The summed E-state index contributed by atoms with van der Waals surface area (Å²) >= 11 is 1.57. The van der Waals surface area contributed by atoms with E-state index in [2.05, 4.69) is 10.1 Å². The first-order valence-electron chi connectivity index (χ1n) is 8.36. The molecule has 0 aliphatic rings. The van der Waals surface area contributed by atoms with Crippen LogP contribution in [-0.2, 0) is 4.79 Å². The number of nitrogens with zero attached hydrogens (tertiary/aromatic N) is 4. The Morgan fingerprint density at radius 1 is 1.12 bits per heavy atom. The highest BCUT2D eigenvalue weighted by Gasteiger charge is 2.21. The van der Waals surface area contributed by atoms with Crippen LogP contribution in [0, 0.1) is 0 Å². The molecule has 0 spiro atoms. The van der Waals surface area contributed by atoms with Gasteiger partial charge < -0.3 is 4.90 Å². The first-order valence-corrected chi connectivity index (χ1v) is 9.18. The molecule has 0 saturated carbocycles. The highest BCUT2D eigenvalue weighted by Crippen LogP contribution is 2.26. The van der Waals surface area contributed by atoms with Gasteiger partial charge in [-0.15, -0.1) is 0 Å². The number of rotatable bonds is 4. The third-order valence-corrected chi connectivity index (χ3v) is 5.46. The van der Waals surface area contributed by atoms with Crippen LogP contribution in [-0.4, -0.2) is 27.7 Å². The first kappa shape index (κ1) is 16.5. The number of amides is 1. The summed E-state index contributed by atoms with van der Waals surface area (Å²) in [6.07, 6.45) is 3.54. The third kappa shape index (κ3) is 2.99. The molecule has 0 aliphatic carbocycles. The van der Waals surface area contributed by atoms with Gasteiger partial charge >= 0.3 is 0 Å². The quantitative estimate of drug-likeness (QED) is 0.545. The zero-order valence-corrected chi connectivity index (χ0v) is 15.4. The lowest BCUT2D eigenvalue weighted by atomic mass is 10.00. The van der Waals surface area contributed by atoms with Crippen LogP contribution in [0.25, 0.3) is 15.3 Å². The maximum Gasteiger partial charge on any atom is 0.234 e. The second kappa shape index (κ2) is 6.72. The van der Waals surface area contributed by atoms with Gasteiger partial charge in [0, 0.05) is 7.05 Å². The highest BCUT2D eigenvalue weighted by molar-refractivity contribution is 7.20. The Morgan fingerprint density at radius 3 is 2.62 bits per heavy atom. The van der Waals surface area contributed by atoms with Crippen LogP contribution in [0.4, 0.5) is 5.69 Å². The Bertz CT molecular complexity index is 1020. The minimum atomic E-state index is -0.216. The van der Waals surface area contributed by atoms with E-state index in [0.29, 0.717) is 0 Å². The number of fused-ring (bicyclic) bond motifs is 1. The number of hydrogen-bond acceptors (Lipinski definition) is 4. The van der Waals surface area contributed by atoms with E-state index in [-0.39, 0.29) is 11.8 Å². The molecule has 2 aromatic heterocycles. The number of carbonyl (C=O) groups is 1. The van der Waals surface area contributed by atoms with E-state index < -0.39 is 0 Å². The van der Waals surface area contributed by atoms with Crippen molar-refractivity contribution < 1.29 is 4.79 Å². The molecule has 0 aliphatic heterocycles. The zero-order chi connectivity index (χ0) is 18.1. The van der Waals surface area contributed by atoms with E-state index in [9.17, 15) is 4.79 Å². The van der Waals surface area contributed by atoms with E-state index in [1.165, 1.54) is 0 Å². The molecule has 6 heteroatoms. The Kier molecular flexibility index (Phi) is 4.26. The summed E-state index contributed by atoms with van der Waals surface area (Å²) < 4.78 is 2.83. The summed E-state index contributed by atoms with van der Waals surface area (Å²) in [7, 11) is 1.78. The second-order valence-corrected chi connectivity index (χ2v) is 7.15. The number of aromatic nitrogens is 3. The lowest BCUT2D eigenvalue weighted by Crippen LogP contribution is -2.30. The van der Waals surface area contributed by atoms with Gasteiger partial charge in [0.1, 0.15) is 0 Å². The molecule has 0 bridgehead atoms. The van der Waals surface area contributed by atoms with Crippen molar-refractivity contribution in [2.45, 2.75) is 12.8 Å². The number of thiazole rings is 1. The van der Waals surface area contributed by atoms with Gasteiger partial charge in [0.05, 0.1) is 34.2 Å². The van der Waals surface area contributed by atoms with Crippen LogP contribution in [0.3, 0.4) is 0 Å². The number of anilines is 1. The van der Waals surface area contributed by atoms with Crippen molar-refractivity contribution in [3.05, 3.63) is 72.6 Å². The second-order valence-electron chi connectivity index (χ2n) is 6.14. The van der Waals surface area contributed by atoms with Gasteiger partial charge in [0.25, 0.3) is 0 Å². The standard InChI is InChI=1S/C20H18N4OS/c1-14(15-8-4-3-5-9-15)19(25)23(2)16-12-21-24(13-16)20-22-17-10-6-7-11-18(17)26-20/h3-14H,1-2H3/t14-/m0/s1. The molecular weight excluding hydrogens is 344 g/mol. The van der Waals surface area contributed by atoms with E-state index in [1.807, 2.05) is 67.7 Å². The van der Waals surface area contributed by atoms with Crippen LogP contribution in [0.1, 0.15) is 18.4 Å². The van der Waals surface area contributed by atoms with Crippen molar-refractivity contribution in [1.82, 2.24) is 14.8 Å². The maximum atomic E-state index is 12.8. The molecule has 4 aromatic rings. The molecule has 0 radical (unpaired) electrons. The average molecular weight is 362 g/mol. The molecule has 2 heterocycles. The topological polar surface area (TPSA) is 51.0 Å². The van der Waals surface area contributed by atoms with Crippen LogP contribution in [0.2, 0.25) is 0 Å². The fraction of sp³-hybridized carbons (Fsp3) is 0.150. The van der Waals surface area contributed by atoms with Gasteiger partial charge in [0.2, 0.25) is 11.0 Å². The molecule has 0 unspecified atom stereocenters. The normalized spacial score (nSPS) is 12.2. The van der Waals surface area contributed by atoms with Crippen molar-refractivity contribution in [2.75, 3.05) is 11.9 Å². The SMILES string of the molecule is C[C@H](C(=O)N(C)c1cnn(-c2nc3ccccc3s2)c1)c1ccccc1. The number of benzene rings is 2. The summed E-state index contributed by atoms with van der Waals surface area (Å²) in [5.41, 5.74) is 2.70. The number of likely N-dealkylation sites (N-methyl/N-ethyl adjacent to an activating group) is 1. The Balaban J connectivity index is 1.58. The summed E-state index contributed by atoms with van der Waals surface area (Å²) in [4.78, 5) is 19.1. The lowest BCUT2D eigenvalue weighted by molar-refractivity contribution is -0.119. The van der Waals surface area contributed by atoms with Crippen LogP contribution in [0.15, 0.2) is 67.0 Å². The van der Waals surface area contributed by atoms with Crippen LogP contribution in [0.5, 0.6) is 0 Å².